The van der Waals surface area contributed by atoms with Crippen molar-refractivity contribution < 1.29 is 31.5 Å². The lowest BCUT2D eigenvalue weighted by molar-refractivity contribution is 0.0606. The first-order chi connectivity index (χ1) is 29.7. The SMILES string of the molecule is CS(=O)(=O)Nc1ccc(Cl)cc1C(=O)O.Cc1cn2nc([C@@H]3CCCCN3)cc2nc1Cl.Cc1cn2nc([C@@H]3CCCCN3C(=O)c3cc(Cl)ccc3NS(C)(=O)=O)cc2nc1Cl.Cl. The number of carbonyl (C=O) groups excluding carboxylic acids is 1. The molecule has 0 spiro atoms. The van der Waals surface area contributed by atoms with Crippen molar-refractivity contribution in [2.45, 2.75) is 64.5 Å². The van der Waals surface area contributed by atoms with Gasteiger partial charge in [-0.1, -0.05) is 52.8 Å². The molecule has 2 aromatic carbocycles. The summed E-state index contributed by atoms with van der Waals surface area (Å²) in [7, 11) is -7.07. The van der Waals surface area contributed by atoms with Crippen LogP contribution < -0.4 is 14.8 Å². The molecule has 6 aromatic rings. The summed E-state index contributed by atoms with van der Waals surface area (Å²) < 4.78 is 53.4. The molecule has 6 heterocycles. The first-order valence-corrected chi connectivity index (χ1v) is 24.8. The Balaban J connectivity index is 0.000000197. The number of aromatic carboxylic acids is 1. The lowest BCUT2D eigenvalue weighted by atomic mass is 9.98. The van der Waals surface area contributed by atoms with Crippen LogP contribution in [0.25, 0.3) is 11.3 Å². The molecule has 24 heteroatoms. The molecule has 17 nitrogen and oxygen atoms in total. The monoisotopic (exact) mass is 1020 g/mol. The number of halogens is 5. The summed E-state index contributed by atoms with van der Waals surface area (Å²) in [6.07, 6.45) is 11.9. The largest absolute Gasteiger partial charge is 0.478 e. The number of carbonyl (C=O) groups is 2. The van der Waals surface area contributed by atoms with Crippen LogP contribution in [0.4, 0.5) is 11.4 Å². The van der Waals surface area contributed by atoms with Crippen LogP contribution in [0.15, 0.2) is 60.9 Å². The molecule has 1 amide bonds. The van der Waals surface area contributed by atoms with E-state index in [0.717, 1.165) is 67.2 Å². The number of amides is 1. The standard InChI is InChI=1S/C20H21Cl2N5O3S.C12H15ClN4.C8H8ClNO4S.ClH/c1-12-11-27-18(23-19(12)22)10-16(24-27)17-5-3-4-8-26(17)20(28)14-9-13(21)6-7-15(14)25-31(2,29)30;1-8-7-17-11(15-12(8)13)6-10(16-17)9-4-2-3-5-14-9;1-15(13,14)10-7-3-2-5(9)4-6(7)8(11)12;/h6-7,9-11,17,25H,3-5,8H2,1-2H3;6-7,9,14H,2-5H2,1H3;2-4,10H,1H3,(H,11,12);1H/t17-;9-;;/m00../s1. The topological polar surface area (TPSA) is 222 Å². The third-order valence-corrected chi connectivity index (χ3v) is 12.4. The summed E-state index contributed by atoms with van der Waals surface area (Å²) in [5.41, 5.74) is 5.16. The number of carboxylic acid groups (broad SMARTS) is 1. The van der Waals surface area contributed by atoms with Crippen molar-refractivity contribution in [2.75, 3.05) is 35.0 Å². The number of hydrogen-bond acceptors (Lipinski definition) is 11. The van der Waals surface area contributed by atoms with Crippen LogP contribution in [0, 0.1) is 13.8 Å². The highest BCUT2D eigenvalue weighted by molar-refractivity contribution is 7.92. The van der Waals surface area contributed by atoms with E-state index in [4.69, 9.17) is 51.5 Å². The zero-order valence-electron chi connectivity index (χ0n) is 34.8. The van der Waals surface area contributed by atoms with Gasteiger partial charge < -0.3 is 15.3 Å². The molecule has 0 unspecified atom stereocenters. The van der Waals surface area contributed by atoms with E-state index in [9.17, 15) is 26.4 Å². The molecular weight excluding hydrogens is 974 g/mol. The number of benzene rings is 2. The van der Waals surface area contributed by atoms with Gasteiger partial charge in [-0.25, -0.2) is 40.6 Å². The maximum absolute atomic E-state index is 13.5. The average molecular weight is 1020 g/mol. The van der Waals surface area contributed by atoms with Crippen molar-refractivity contribution in [2.24, 2.45) is 0 Å². The number of hydrogen-bond donors (Lipinski definition) is 4. The number of likely N-dealkylation sites (tertiary alicyclic amines) is 1. The van der Waals surface area contributed by atoms with Gasteiger partial charge in [0.2, 0.25) is 20.0 Å². The molecule has 2 fully saturated rings. The Kier molecular flexibility index (Phi) is 16.8. The van der Waals surface area contributed by atoms with Crippen molar-refractivity contribution in [3.8, 4) is 0 Å². The van der Waals surface area contributed by atoms with Crippen LogP contribution in [0.5, 0.6) is 0 Å². The summed E-state index contributed by atoms with van der Waals surface area (Å²) in [4.78, 5) is 34.7. The molecular formula is C40H45Cl5N10O7S2. The average Bonchev–Trinajstić information content (AvgIpc) is 3.82. The van der Waals surface area contributed by atoms with Gasteiger partial charge in [0.15, 0.2) is 11.3 Å². The van der Waals surface area contributed by atoms with Crippen molar-refractivity contribution in [1.82, 2.24) is 39.4 Å². The van der Waals surface area contributed by atoms with Gasteiger partial charge in [0, 0.05) is 52.2 Å². The van der Waals surface area contributed by atoms with Gasteiger partial charge in [-0.15, -0.1) is 12.4 Å². The highest BCUT2D eigenvalue weighted by Crippen LogP contribution is 2.34. The molecule has 2 saturated heterocycles. The van der Waals surface area contributed by atoms with Gasteiger partial charge >= 0.3 is 5.97 Å². The second kappa shape index (κ2) is 21.2. The van der Waals surface area contributed by atoms with Crippen LogP contribution in [0.1, 0.15) is 93.8 Å². The summed E-state index contributed by atoms with van der Waals surface area (Å²) in [6.45, 7) is 5.39. The Hall–Kier alpha value is -4.47. The molecule has 0 aliphatic carbocycles. The lowest BCUT2D eigenvalue weighted by Crippen LogP contribution is -2.39. The summed E-state index contributed by atoms with van der Waals surface area (Å²) in [6, 6.07) is 12.3. The minimum Gasteiger partial charge on any atom is -0.478 e. The van der Waals surface area contributed by atoms with E-state index in [2.05, 4.69) is 34.9 Å². The number of fused-ring (bicyclic) bond motifs is 2. The van der Waals surface area contributed by atoms with E-state index in [1.807, 2.05) is 36.7 Å². The molecule has 8 rings (SSSR count). The summed E-state index contributed by atoms with van der Waals surface area (Å²) >= 11 is 23.9. The number of piperidine rings is 2. The fraction of sp³-hybridized carbons (Fsp3) is 0.350. The van der Waals surface area contributed by atoms with Crippen molar-refractivity contribution >= 4 is 113 Å². The second-order valence-electron chi connectivity index (χ2n) is 15.1. The normalized spacial score (nSPS) is 16.5. The van der Waals surface area contributed by atoms with Gasteiger partial charge in [0.1, 0.15) is 10.3 Å². The van der Waals surface area contributed by atoms with Gasteiger partial charge in [0.25, 0.3) is 5.91 Å². The number of nitrogens with one attached hydrogen (secondary N) is 3. The first-order valence-electron chi connectivity index (χ1n) is 19.5. The van der Waals surface area contributed by atoms with Crippen LogP contribution in [0.3, 0.4) is 0 Å². The molecule has 64 heavy (non-hydrogen) atoms. The van der Waals surface area contributed by atoms with Gasteiger partial charge in [0.05, 0.1) is 58.5 Å². The van der Waals surface area contributed by atoms with Crippen LogP contribution in [-0.2, 0) is 20.0 Å². The number of carboxylic acids is 1. The lowest BCUT2D eigenvalue weighted by Gasteiger charge is -2.35. The second-order valence-corrected chi connectivity index (χ2v) is 20.2. The minimum absolute atomic E-state index is 0. The smallest absolute Gasteiger partial charge is 0.337 e. The number of sulfonamides is 2. The molecule has 0 radical (unpaired) electrons. The van der Waals surface area contributed by atoms with E-state index >= 15 is 0 Å². The Morgan fingerprint density at radius 2 is 1.22 bits per heavy atom. The third kappa shape index (κ3) is 13.1. The molecule has 0 saturated carbocycles. The molecule has 4 aromatic heterocycles. The van der Waals surface area contributed by atoms with Gasteiger partial charge in [-0.3, -0.25) is 14.2 Å². The van der Waals surface area contributed by atoms with E-state index in [-0.39, 0.29) is 51.9 Å². The highest BCUT2D eigenvalue weighted by Gasteiger charge is 2.32. The Bertz CT molecular complexity index is 2830. The number of rotatable bonds is 8. The molecule has 344 valence electrons. The van der Waals surface area contributed by atoms with Crippen LogP contribution >= 0.6 is 58.8 Å². The number of aromatic nitrogens is 6. The molecule has 2 atom stereocenters. The fourth-order valence-electron chi connectivity index (χ4n) is 7.05. The summed E-state index contributed by atoms with van der Waals surface area (Å²) in [5, 5.41) is 23.0. The maximum atomic E-state index is 13.5. The van der Waals surface area contributed by atoms with E-state index < -0.39 is 26.0 Å². The fourth-order valence-corrected chi connectivity index (χ4v) is 8.82. The van der Waals surface area contributed by atoms with Crippen molar-refractivity contribution in [3.63, 3.8) is 0 Å². The minimum atomic E-state index is -3.57. The maximum Gasteiger partial charge on any atom is 0.337 e. The summed E-state index contributed by atoms with van der Waals surface area (Å²) in [5.74, 6) is -1.55. The molecule has 2 aliphatic heterocycles. The predicted molar refractivity (Wildman–Crippen MR) is 252 cm³/mol. The number of nitrogens with zero attached hydrogens (tertiary/aromatic N) is 7. The first kappa shape index (κ1) is 50.5. The van der Waals surface area contributed by atoms with Gasteiger partial charge in [-0.05, 0) is 88.9 Å². The van der Waals surface area contributed by atoms with E-state index in [1.165, 1.54) is 43.2 Å². The third-order valence-electron chi connectivity index (χ3n) is 9.97. The highest BCUT2D eigenvalue weighted by atomic mass is 35.5. The van der Waals surface area contributed by atoms with E-state index in [0.29, 0.717) is 39.3 Å². The van der Waals surface area contributed by atoms with Gasteiger partial charge in [-0.2, -0.15) is 10.2 Å². The van der Waals surface area contributed by atoms with Crippen molar-refractivity contribution in [1.29, 1.82) is 0 Å². The number of anilines is 2. The predicted octanol–water partition coefficient (Wildman–Crippen LogP) is 8.42. The van der Waals surface area contributed by atoms with E-state index in [1.54, 1.807) is 21.7 Å². The quantitative estimate of drug-likeness (QED) is 0.106. The number of aryl methyl sites for hydroxylation is 2. The molecule has 0 bridgehead atoms. The zero-order valence-corrected chi connectivity index (χ0v) is 40.3. The molecule has 2 aliphatic rings. The Morgan fingerprint density at radius 3 is 1.73 bits per heavy atom. The molecule has 4 N–H and O–H groups in total. The zero-order chi connectivity index (χ0) is 45.8. The van der Waals surface area contributed by atoms with Crippen LogP contribution in [-0.4, -0.2) is 93.5 Å². The Labute approximate surface area is 396 Å². The Morgan fingerprint density at radius 1 is 0.719 bits per heavy atom. The van der Waals surface area contributed by atoms with Crippen LogP contribution in [0.2, 0.25) is 20.4 Å². The van der Waals surface area contributed by atoms with Crippen molar-refractivity contribution in [3.05, 3.63) is 115 Å².